The molecule has 0 aromatic rings. The van der Waals surface area contributed by atoms with E-state index in [-0.39, 0.29) is 26.1 Å². The fraction of sp³-hybridized carbons (Fsp3) is 0.545. The zero-order valence-electron chi connectivity index (χ0n) is 33.9. The predicted molar refractivity (Wildman–Crippen MR) is 221 cm³/mol. The zero-order valence-corrected chi connectivity index (χ0v) is 34.8. The highest BCUT2D eigenvalue weighted by atomic mass is 31.2. The number of rotatable bonds is 33. The molecule has 2 atom stereocenters. The van der Waals surface area contributed by atoms with E-state index in [1.165, 1.54) is 0 Å². The number of hydrogen-bond acceptors (Lipinski definition) is 8. The SMILES string of the molecule is CC/C=C\C/C=C\C/C=C\C/C=C\C/C=C\CCCC(=O)OC(COC(=O)CC/C=C\C/C=C\C/C=C\C/C=C\CC)COP(=O)([O-])OCC[N+](C)(C)C. The minimum Gasteiger partial charge on any atom is -0.756 e. The van der Waals surface area contributed by atoms with Gasteiger partial charge in [-0.2, -0.15) is 0 Å². The van der Waals surface area contributed by atoms with Crippen molar-refractivity contribution >= 4 is 19.8 Å². The summed E-state index contributed by atoms with van der Waals surface area (Å²) in [5.41, 5.74) is 0. The summed E-state index contributed by atoms with van der Waals surface area (Å²) in [5, 5.41) is 0. The number of carbonyl (C=O) groups is 2. The lowest BCUT2D eigenvalue weighted by Crippen LogP contribution is -2.37. The van der Waals surface area contributed by atoms with E-state index in [2.05, 4.69) is 105 Å². The average Bonchev–Trinajstić information content (AvgIpc) is 3.12. The molecule has 2 unspecified atom stereocenters. The molecule has 0 aromatic heterocycles. The van der Waals surface area contributed by atoms with Crippen LogP contribution in [0.5, 0.6) is 0 Å². The molecule has 0 amide bonds. The number of phosphoric ester groups is 1. The van der Waals surface area contributed by atoms with Gasteiger partial charge in [0.25, 0.3) is 7.82 Å². The van der Waals surface area contributed by atoms with Crippen LogP contribution in [0.2, 0.25) is 0 Å². The molecule has 0 spiro atoms. The Morgan fingerprint density at radius 2 is 1.00 bits per heavy atom. The van der Waals surface area contributed by atoms with Crippen molar-refractivity contribution in [3.05, 3.63) is 109 Å². The standard InChI is InChI=1S/C44H70NO8P/c1-6-8-10-12-14-16-18-20-21-22-23-25-27-29-31-33-35-37-44(47)53-42(41-52-54(48,49)51-39-38-45(3,4)5)40-50-43(46)36-34-32-30-28-26-24-19-17-15-13-11-9-7-2/h8-11,14-17,20-21,23-26,29-32,42H,6-7,12-13,18-19,22,27-28,33-41H2,1-5H3/b10-8-,11-9-,16-14-,17-15-,21-20-,25-23-,26-24-,31-29-,32-30-. The Morgan fingerprint density at radius 1 is 0.574 bits per heavy atom. The Labute approximate surface area is 327 Å². The molecule has 0 saturated carbocycles. The lowest BCUT2D eigenvalue weighted by atomic mass is 10.2. The molecule has 0 aliphatic heterocycles. The van der Waals surface area contributed by atoms with Crippen molar-refractivity contribution in [2.75, 3.05) is 47.5 Å². The van der Waals surface area contributed by atoms with E-state index < -0.39 is 32.5 Å². The van der Waals surface area contributed by atoms with Crippen LogP contribution in [-0.4, -0.2) is 70.0 Å². The van der Waals surface area contributed by atoms with Gasteiger partial charge in [0.05, 0.1) is 27.7 Å². The highest BCUT2D eigenvalue weighted by molar-refractivity contribution is 7.45. The van der Waals surface area contributed by atoms with Crippen molar-refractivity contribution in [1.82, 2.24) is 0 Å². The van der Waals surface area contributed by atoms with Crippen molar-refractivity contribution in [2.24, 2.45) is 0 Å². The van der Waals surface area contributed by atoms with E-state index in [0.717, 1.165) is 57.8 Å². The first kappa shape index (κ1) is 50.7. The molecule has 0 radical (unpaired) electrons. The molecule has 0 N–H and O–H groups in total. The fourth-order valence-corrected chi connectivity index (χ4v) is 5.02. The molecule has 0 heterocycles. The third-order valence-corrected chi connectivity index (χ3v) is 8.27. The van der Waals surface area contributed by atoms with Crippen LogP contribution in [0.15, 0.2) is 109 Å². The summed E-state index contributed by atoms with van der Waals surface area (Å²) in [6.07, 6.45) is 47.2. The molecular formula is C44H70NO8P. The van der Waals surface area contributed by atoms with Gasteiger partial charge in [0.1, 0.15) is 19.8 Å². The monoisotopic (exact) mass is 771 g/mol. The van der Waals surface area contributed by atoms with E-state index in [4.69, 9.17) is 18.5 Å². The quantitative estimate of drug-likeness (QED) is 0.0213. The van der Waals surface area contributed by atoms with Gasteiger partial charge < -0.3 is 27.9 Å². The fourth-order valence-electron chi connectivity index (χ4n) is 4.29. The molecule has 0 saturated heterocycles. The molecular weight excluding hydrogens is 701 g/mol. The smallest absolute Gasteiger partial charge is 0.306 e. The third kappa shape index (κ3) is 38.4. The van der Waals surface area contributed by atoms with Gasteiger partial charge in [0.15, 0.2) is 6.10 Å². The van der Waals surface area contributed by atoms with Crippen LogP contribution >= 0.6 is 7.82 Å². The molecule has 9 nitrogen and oxygen atoms in total. The number of hydrogen-bond donors (Lipinski definition) is 0. The number of quaternary nitrogens is 1. The van der Waals surface area contributed by atoms with Crippen LogP contribution in [0, 0.1) is 0 Å². The first-order chi connectivity index (χ1) is 26.0. The Kier molecular flexibility index (Phi) is 33.2. The predicted octanol–water partition coefficient (Wildman–Crippen LogP) is 10.2. The van der Waals surface area contributed by atoms with Crippen LogP contribution in [0.4, 0.5) is 0 Å². The van der Waals surface area contributed by atoms with E-state index in [1.54, 1.807) is 0 Å². The van der Waals surface area contributed by atoms with Crippen molar-refractivity contribution in [3.63, 3.8) is 0 Å². The second kappa shape index (κ2) is 35.4. The summed E-state index contributed by atoms with van der Waals surface area (Å²) in [6.45, 7) is 3.79. The molecule has 0 aliphatic rings. The van der Waals surface area contributed by atoms with Crippen LogP contribution in [0.1, 0.15) is 104 Å². The van der Waals surface area contributed by atoms with Gasteiger partial charge in [-0.25, -0.2) is 0 Å². The molecule has 0 aromatic carbocycles. The largest absolute Gasteiger partial charge is 0.756 e. The molecule has 54 heavy (non-hydrogen) atoms. The number of ether oxygens (including phenoxy) is 2. The first-order valence-corrected chi connectivity index (χ1v) is 21.1. The Hall–Kier alpha value is -3.33. The number of allylic oxidation sites excluding steroid dienone is 18. The van der Waals surface area contributed by atoms with Gasteiger partial charge in [0, 0.05) is 12.8 Å². The highest BCUT2D eigenvalue weighted by Gasteiger charge is 2.21. The Bertz CT molecular complexity index is 1280. The number of unbranched alkanes of at least 4 members (excludes halogenated alkanes) is 1. The average molecular weight is 772 g/mol. The van der Waals surface area contributed by atoms with Gasteiger partial charge in [0.2, 0.25) is 0 Å². The number of carbonyl (C=O) groups excluding carboxylic acids is 2. The molecule has 0 fully saturated rings. The van der Waals surface area contributed by atoms with Crippen LogP contribution < -0.4 is 4.89 Å². The lowest BCUT2D eigenvalue weighted by molar-refractivity contribution is -0.870. The number of phosphoric acid groups is 1. The van der Waals surface area contributed by atoms with Gasteiger partial charge in [-0.05, 0) is 77.0 Å². The maximum absolute atomic E-state index is 12.6. The van der Waals surface area contributed by atoms with Gasteiger partial charge >= 0.3 is 11.9 Å². The molecule has 0 bridgehead atoms. The number of nitrogens with zero attached hydrogens (tertiary/aromatic N) is 1. The van der Waals surface area contributed by atoms with Crippen molar-refractivity contribution in [3.8, 4) is 0 Å². The summed E-state index contributed by atoms with van der Waals surface area (Å²) in [4.78, 5) is 37.3. The zero-order chi connectivity index (χ0) is 40.0. The minimum atomic E-state index is -4.66. The first-order valence-electron chi connectivity index (χ1n) is 19.6. The Balaban J connectivity index is 4.66. The van der Waals surface area contributed by atoms with Crippen LogP contribution in [0.25, 0.3) is 0 Å². The summed E-state index contributed by atoms with van der Waals surface area (Å²) >= 11 is 0. The molecule has 0 rings (SSSR count). The number of likely N-dealkylation sites (N-methyl/N-ethyl adjacent to an activating group) is 1. The second-order valence-corrected chi connectivity index (χ2v) is 14.9. The lowest BCUT2D eigenvalue weighted by Gasteiger charge is -2.28. The van der Waals surface area contributed by atoms with Crippen LogP contribution in [-0.2, 0) is 32.7 Å². The normalized spacial score (nSPS) is 14.9. The highest BCUT2D eigenvalue weighted by Crippen LogP contribution is 2.38. The molecule has 0 aliphatic carbocycles. The Morgan fingerprint density at radius 3 is 1.44 bits per heavy atom. The summed E-state index contributed by atoms with van der Waals surface area (Å²) in [5.74, 6) is -1.01. The van der Waals surface area contributed by atoms with Crippen molar-refractivity contribution < 1.29 is 42.1 Å². The summed E-state index contributed by atoms with van der Waals surface area (Å²) < 4.78 is 33.6. The molecule has 304 valence electrons. The number of esters is 2. The summed E-state index contributed by atoms with van der Waals surface area (Å²) in [6, 6.07) is 0. The van der Waals surface area contributed by atoms with Gasteiger partial charge in [-0.1, -0.05) is 123 Å². The molecule has 10 heteroatoms. The van der Waals surface area contributed by atoms with E-state index >= 15 is 0 Å². The van der Waals surface area contributed by atoms with E-state index in [1.807, 2.05) is 39.4 Å². The second-order valence-electron chi connectivity index (χ2n) is 13.5. The third-order valence-electron chi connectivity index (χ3n) is 7.30. The topological polar surface area (TPSA) is 111 Å². The maximum Gasteiger partial charge on any atom is 0.306 e. The van der Waals surface area contributed by atoms with Crippen molar-refractivity contribution in [1.29, 1.82) is 0 Å². The summed E-state index contributed by atoms with van der Waals surface area (Å²) in [7, 11) is 1.07. The van der Waals surface area contributed by atoms with E-state index in [0.29, 0.717) is 30.3 Å². The maximum atomic E-state index is 12.6. The van der Waals surface area contributed by atoms with E-state index in [9.17, 15) is 19.0 Å². The minimum absolute atomic E-state index is 0.0587. The van der Waals surface area contributed by atoms with Gasteiger partial charge in [-0.3, -0.25) is 14.2 Å². The van der Waals surface area contributed by atoms with Gasteiger partial charge in [-0.15, -0.1) is 0 Å². The van der Waals surface area contributed by atoms with Crippen LogP contribution in [0.3, 0.4) is 0 Å². The van der Waals surface area contributed by atoms with Crippen molar-refractivity contribution in [2.45, 2.75) is 110 Å².